The Morgan fingerprint density at radius 3 is 2.42 bits per heavy atom. The first-order chi connectivity index (χ1) is 9.33. The number of fused-ring (bicyclic) bond motifs is 1. The first-order valence-corrected chi connectivity index (χ1v) is 8.73. The number of rotatable bonds is 2. The molecule has 2 saturated carbocycles. The summed E-state index contributed by atoms with van der Waals surface area (Å²) in [6.45, 7) is 3.79. The number of aliphatic hydroxyl groups excluding tert-OH is 1. The molecule has 19 heavy (non-hydrogen) atoms. The summed E-state index contributed by atoms with van der Waals surface area (Å²) in [5.41, 5.74) is 0. The third kappa shape index (κ3) is 3.52. The quantitative estimate of drug-likeness (QED) is 0.773. The fourth-order valence-electron chi connectivity index (χ4n) is 4.75. The Hall–Kier alpha value is -0.0800. The molecular weight excluding hydrogens is 234 g/mol. The standard InChI is InChI=1S/C17H31NO/c19-17-9-3-1-2-8-16(17)13-18-11-10-14-6-4-5-7-15(14)12-18/h14-17,19H,1-13H2. The highest BCUT2D eigenvalue weighted by atomic mass is 16.3. The zero-order chi connectivity index (χ0) is 13.1. The van der Waals surface area contributed by atoms with Crippen LogP contribution in [0.15, 0.2) is 0 Å². The van der Waals surface area contributed by atoms with Gasteiger partial charge in [0.2, 0.25) is 0 Å². The Bertz CT molecular complexity index is 280. The summed E-state index contributed by atoms with van der Waals surface area (Å²) in [6, 6.07) is 0. The summed E-state index contributed by atoms with van der Waals surface area (Å²) < 4.78 is 0. The van der Waals surface area contributed by atoms with Crippen molar-refractivity contribution < 1.29 is 5.11 Å². The molecule has 1 saturated heterocycles. The highest BCUT2D eigenvalue weighted by molar-refractivity contribution is 4.85. The molecule has 0 spiro atoms. The van der Waals surface area contributed by atoms with Crippen molar-refractivity contribution in [3.63, 3.8) is 0 Å². The highest BCUT2D eigenvalue weighted by Gasteiger charge is 2.32. The molecule has 0 amide bonds. The molecule has 0 aromatic heterocycles. The van der Waals surface area contributed by atoms with Gasteiger partial charge in [0.15, 0.2) is 0 Å². The van der Waals surface area contributed by atoms with Gasteiger partial charge in [0.1, 0.15) is 0 Å². The average molecular weight is 265 g/mol. The maximum absolute atomic E-state index is 10.3. The van der Waals surface area contributed by atoms with Crippen LogP contribution >= 0.6 is 0 Å². The zero-order valence-electron chi connectivity index (χ0n) is 12.4. The SMILES string of the molecule is OC1CCCCCC1CN1CCC2CCCCC2C1. The second kappa shape index (κ2) is 6.58. The van der Waals surface area contributed by atoms with E-state index in [9.17, 15) is 5.11 Å². The molecule has 3 rings (SSSR count). The van der Waals surface area contributed by atoms with Crippen molar-refractivity contribution in [3.05, 3.63) is 0 Å². The molecule has 1 aliphatic heterocycles. The van der Waals surface area contributed by atoms with Gasteiger partial charge in [-0.1, -0.05) is 38.5 Å². The van der Waals surface area contributed by atoms with Crippen LogP contribution in [-0.4, -0.2) is 35.7 Å². The molecule has 1 N–H and O–H groups in total. The fraction of sp³-hybridized carbons (Fsp3) is 1.00. The molecule has 3 aliphatic rings. The van der Waals surface area contributed by atoms with E-state index in [4.69, 9.17) is 0 Å². The van der Waals surface area contributed by atoms with Gasteiger partial charge in [-0.15, -0.1) is 0 Å². The summed E-state index contributed by atoms with van der Waals surface area (Å²) in [5, 5.41) is 10.3. The van der Waals surface area contributed by atoms with Crippen molar-refractivity contribution in [2.24, 2.45) is 17.8 Å². The van der Waals surface area contributed by atoms with Crippen LogP contribution in [0.5, 0.6) is 0 Å². The maximum atomic E-state index is 10.3. The van der Waals surface area contributed by atoms with E-state index in [0.717, 1.165) is 18.3 Å². The third-order valence-corrected chi connectivity index (χ3v) is 5.99. The lowest BCUT2D eigenvalue weighted by Gasteiger charge is -2.42. The van der Waals surface area contributed by atoms with Gasteiger partial charge >= 0.3 is 0 Å². The van der Waals surface area contributed by atoms with Crippen LogP contribution in [0.2, 0.25) is 0 Å². The Labute approximate surface area is 118 Å². The molecule has 2 aliphatic carbocycles. The van der Waals surface area contributed by atoms with E-state index in [-0.39, 0.29) is 6.10 Å². The monoisotopic (exact) mass is 265 g/mol. The largest absolute Gasteiger partial charge is 0.393 e. The van der Waals surface area contributed by atoms with E-state index in [2.05, 4.69) is 4.90 Å². The van der Waals surface area contributed by atoms with E-state index in [1.165, 1.54) is 77.4 Å². The van der Waals surface area contributed by atoms with Crippen LogP contribution in [0.25, 0.3) is 0 Å². The second-order valence-electron chi connectivity index (χ2n) is 7.32. The molecule has 2 nitrogen and oxygen atoms in total. The Morgan fingerprint density at radius 2 is 1.53 bits per heavy atom. The second-order valence-corrected chi connectivity index (χ2v) is 7.32. The van der Waals surface area contributed by atoms with E-state index in [1.54, 1.807) is 0 Å². The van der Waals surface area contributed by atoms with Gasteiger partial charge in [-0.2, -0.15) is 0 Å². The molecule has 110 valence electrons. The lowest BCUT2D eigenvalue weighted by molar-refractivity contribution is 0.0361. The minimum Gasteiger partial charge on any atom is -0.393 e. The van der Waals surface area contributed by atoms with Crippen molar-refractivity contribution in [1.29, 1.82) is 0 Å². The molecule has 2 heteroatoms. The predicted molar refractivity (Wildman–Crippen MR) is 79.1 cm³/mol. The molecule has 0 aromatic carbocycles. The topological polar surface area (TPSA) is 23.5 Å². The summed E-state index contributed by atoms with van der Waals surface area (Å²) in [5.74, 6) is 2.57. The van der Waals surface area contributed by atoms with Crippen LogP contribution in [0.4, 0.5) is 0 Å². The number of hydrogen-bond acceptors (Lipinski definition) is 2. The fourth-order valence-corrected chi connectivity index (χ4v) is 4.75. The van der Waals surface area contributed by atoms with Gasteiger partial charge in [-0.25, -0.2) is 0 Å². The van der Waals surface area contributed by atoms with Crippen LogP contribution in [0.3, 0.4) is 0 Å². The number of nitrogens with zero attached hydrogens (tertiary/aromatic N) is 1. The minimum absolute atomic E-state index is 0.0217. The van der Waals surface area contributed by atoms with E-state index < -0.39 is 0 Å². The van der Waals surface area contributed by atoms with Crippen molar-refractivity contribution in [3.8, 4) is 0 Å². The summed E-state index contributed by atoms with van der Waals surface area (Å²) in [6.07, 6.45) is 13.5. The smallest absolute Gasteiger partial charge is 0.0580 e. The summed E-state index contributed by atoms with van der Waals surface area (Å²) >= 11 is 0. The van der Waals surface area contributed by atoms with Crippen LogP contribution in [0, 0.1) is 17.8 Å². The van der Waals surface area contributed by atoms with Crippen LogP contribution in [0.1, 0.15) is 64.2 Å². The lowest BCUT2D eigenvalue weighted by Crippen LogP contribution is -2.45. The lowest BCUT2D eigenvalue weighted by atomic mass is 9.75. The van der Waals surface area contributed by atoms with Crippen LogP contribution < -0.4 is 0 Å². The third-order valence-electron chi connectivity index (χ3n) is 5.99. The molecule has 0 radical (unpaired) electrons. The number of piperidine rings is 1. The Morgan fingerprint density at radius 1 is 0.789 bits per heavy atom. The van der Waals surface area contributed by atoms with Gasteiger partial charge in [0, 0.05) is 13.1 Å². The summed E-state index contributed by atoms with van der Waals surface area (Å²) in [7, 11) is 0. The van der Waals surface area contributed by atoms with Crippen molar-refractivity contribution in [1.82, 2.24) is 4.90 Å². The highest BCUT2D eigenvalue weighted by Crippen LogP contribution is 2.36. The molecule has 3 fully saturated rings. The van der Waals surface area contributed by atoms with Crippen molar-refractivity contribution >= 4 is 0 Å². The minimum atomic E-state index is -0.0217. The Kier molecular flexibility index (Phi) is 4.81. The van der Waals surface area contributed by atoms with Gasteiger partial charge < -0.3 is 10.0 Å². The van der Waals surface area contributed by atoms with Crippen molar-refractivity contribution in [2.45, 2.75) is 70.3 Å². The molecule has 0 aromatic rings. The van der Waals surface area contributed by atoms with E-state index >= 15 is 0 Å². The number of aliphatic hydroxyl groups is 1. The Balaban J connectivity index is 1.52. The molecule has 1 heterocycles. The number of likely N-dealkylation sites (tertiary alicyclic amines) is 1. The van der Waals surface area contributed by atoms with Gasteiger partial charge in [0.25, 0.3) is 0 Å². The zero-order valence-corrected chi connectivity index (χ0v) is 12.4. The predicted octanol–water partition coefficient (Wildman–Crippen LogP) is 3.44. The molecule has 0 bridgehead atoms. The van der Waals surface area contributed by atoms with E-state index in [0.29, 0.717) is 5.92 Å². The maximum Gasteiger partial charge on any atom is 0.0580 e. The van der Waals surface area contributed by atoms with Crippen LogP contribution in [-0.2, 0) is 0 Å². The van der Waals surface area contributed by atoms with Gasteiger partial charge in [-0.05, 0) is 50.0 Å². The van der Waals surface area contributed by atoms with E-state index in [1.807, 2.05) is 0 Å². The first-order valence-electron chi connectivity index (χ1n) is 8.73. The number of hydrogen-bond donors (Lipinski definition) is 1. The van der Waals surface area contributed by atoms with Crippen molar-refractivity contribution in [2.75, 3.05) is 19.6 Å². The normalized spacial score (nSPS) is 41.5. The molecule has 4 atom stereocenters. The molecular formula is C17H31NO. The van der Waals surface area contributed by atoms with Gasteiger partial charge in [-0.3, -0.25) is 0 Å². The first kappa shape index (κ1) is 13.9. The average Bonchev–Trinajstić information content (AvgIpc) is 2.64. The van der Waals surface area contributed by atoms with Gasteiger partial charge in [0.05, 0.1) is 6.10 Å². The molecule has 4 unspecified atom stereocenters. The summed E-state index contributed by atoms with van der Waals surface area (Å²) in [4.78, 5) is 2.69.